The van der Waals surface area contributed by atoms with E-state index in [1.165, 1.54) is 6.08 Å². The Morgan fingerprint density at radius 1 is 1.33 bits per heavy atom. The second kappa shape index (κ2) is 5.99. The van der Waals surface area contributed by atoms with Gasteiger partial charge in [0.25, 0.3) is 0 Å². The van der Waals surface area contributed by atoms with Gasteiger partial charge in [-0.25, -0.2) is 0 Å². The van der Waals surface area contributed by atoms with Gasteiger partial charge in [0.05, 0.1) is 8.95 Å². The molecule has 6 heteroatoms. The Labute approximate surface area is 114 Å². The summed E-state index contributed by atoms with van der Waals surface area (Å²) in [7, 11) is 0. The summed E-state index contributed by atoms with van der Waals surface area (Å²) in [6.45, 7) is 0.270. The second-order valence-electron chi connectivity index (χ2n) is 2.54. The molecule has 0 aliphatic carbocycles. The van der Waals surface area contributed by atoms with Gasteiger partial charge in [-0.3, -0.25) is 0 Å². The van der Waals surface area contributed by atoms with Crippen molar-refractivity contribution < 1.29 is 9.84 Å². The molecule has 0 aliphatic heterocycles. The van der Waals surface area contributed by atoms with Crippen LogP contribution in [0.15, 0.2) is 31.6 Å². The van der Waals surface area contributed by atoms with E-state index in [4.69, 9.17) is 27.9 Å². The molecule has 1 rings (SSSR count). The van der Waals surface area contributed by atoms with Gasteiger partial charge in [-0.2, -0.15) is 0 Å². The maximum atomic E-state index is 9.44. The number of phenols is 1. The average Bonchev–Trinajstić information content (AvgIpc) is 2.13. The van der Waals surface area contributed by atoms with Crippen molar-refractivity contribution in [1.82, 2.24) is 0 Å². The quantitative estimate of drug-likeness (QED) is 0.834. The van der Waals surface area contributed by atoms with Crippen molar-refractivity contribution in [3.05, 3.63) is 31.6 Å². The summed E-state index contributed by atoms with van der Waals surface area (Å²) in [4.78, 5) is 0. The SMILES string of the molecule is Oc1c(Br)cc(OCC=C(Cl)Cl)cc1Br. The molecule has 0 spiro atoms. The minimum absolute atomic E-state index is 0.133. The zero-order valence-electron chi connectivity index (χ0n) is 7.31. The van der Waals surface area contributed by atoms with Crippen molar-refractivity contribution in [2.24, 2.45) is 0 Å². The summed E-state index contributed by atoms with van der Waals surface area (Å²) in [6.07, 6.45) is 1.53. The summed E-state index contributed by atoms with van der Waals surface area (Å²) in [5.74, 6) is 0.727. The molecule has 0 radical (unpaired) electrons. The first-order chi connectivity index (χ1) is 7.00. The van der Waals surface area contributed by atoms with Crippen LogP contribution in [0.2, 0.25) is 0 Å². The lowest BCUT2D eigenvalue weighted by Gasteiger charge is -2.06. The van der Waals surface area contributed by atoms with Crippen LogP contribution in [-0.2, 0) is 0 Å². The van der Waals surface area contributed by atoms with E-state index < -0.39 is 0 Å². The highest BCUT2D eigenvalue weighted by atomic mass is 79.9. The molecule has 1 aromatic rings. The van der Waals surface area contributed by atoms with E-state index in [0.29, 0.717) is 14.7 Å². The van der Waals surface area contributed by atoms with Crippen LogP contribution in [-0.4, -0.2) is 11.7 Å². The molecule has 2 nitrogen and oxygen atoms in total. The van der Waals surface area contributed by atoms with Crippen LogP contribution in [0.3, 0.4) is 0 Å². The van der Waals surface area contributed by atoms with E-state index in [1.54, 1.807) is 12.1 Å². The van der Waals surface area contributed by atoms with Crippen LogP contribution in [0.1, 0.15) is 0 Å². The number of rotatable bonds is 3. The van der Waals surface area contributed by atoms with Crippen LogP contribution < -0.4 is 4.74 Å². The maximum absolute atomic E-state index is 9.44. The van der Waals surface area contributed by atoms with Crippen LogP contribution in [0.4, 0.5) is 0 Å². The van der Waals surface area contributed by atoms with E-state index in [9.17, 15) is 5.11 Å². The molecular weight excluding hydrogens is 371 g/mol. The van der Waals surface area contributed by atoms with Gasteiger partial charge < -0.3 is 9.84 Å². The van der Waals surface area contributed by atoms with Crippen molar-refractivity contribution >= 4 is 55.1 Å². The number of hydrogen-bond acceptors (Lipinski definition) is 2. The lowest BCUT2D eigenvalue weighted by molar-refractivity contribution is 0.361. The minimum Gasteiger partial charge on any atom is -0.506 e. The first-order valence-corrected chi connectivity index (χ1v) is 6.17. The van der Waals surface area contributed by atoms with Crippen LogP contribution in [0.25, 0.3) is 0 Å². The lowest BCUT2D eigenvalue weighted by atomic mass is 10.3. The molecular formula is C9H6Br2Cl2O2. The fourth-order valence-corrected chi connectivity index (χ4v) is 2.10. The topological polar surface area (TPSA) is 29.5 Å². The fraction of sp³-hybridized carbons (Fsp3) is 0.111. The molecule has 0 heterocycles. The van der Waals surface area contributed by atoms with Gasteiger partial charge in [0.15, 0.2) is 0 Å². The van der Waals surface area contributed by atoms with Crippen molar-refractivity contribution in [3.8, 4) is 11.5 Å². The Morgan fingerprint density at radius 2 is 1.87 bits per heavy atom. The fourth-order valence-electron chi connectivity index (χ4n) is 0.826. The van der Waals surface area contributed by atoms with Gasteiger partial charge in [0.2, 0.25) is 0 Å². The highest BCUT2D eigenvalue weighted by Crippen LogP contribution is 2.36. The van der Waals surface area contributed by atoms with Crippen LogP contribution in [0, 0.1) is 0 Å². The van der Waals surface area contributed by atoms with Crippen molar-refractivity contribution in [2.45, 2.75) is 0 Å². The zero-order chi connectivity index (χ0) is 11.4. The Bertz CT molecular complexity index is 367. The van der Waals surface area contributed by atoms with Gasteiger partial charge in [-0.1, -0.05) is 23.2 Å². The standard InChI is InChI=1S/C9H6Br2Cl2O2/c10-6-3-5(4-7(11)9(6)14)15-2-1-8(12)13/h1,3-4,14H,2H2. The monoisotopic (exact) mass is 374 g/mol. The smallest absolute Gasteiger partial charge is 0.144 e. The molecule has 0 saturated carbocycles. The lowest BCUT2D eigenvalue weighted by Crippen LogP contribution is -1.93. The van der Waals surface area contributed by atoms with E-state index >= 15 is 0 Å². The largest absolute Gasteiger partial charge is 0.506 e. The Balaban J connectivity index is 2.75. The molecule has 0 fully saturated rings. The maximum Gasteiger partial charge on any atom is 0.144 e. The van der Waals surface area contributed by atoms with Crippen LogP contribution in [0.5, 0.6) is 11.5 Å². The van der Waals surface area contributed by atoms with Gasteiger partial charge in [0.1, 0.15) is 22.6 Å². The minimum atomic E-state index is 0.133. The summed E-state index contributed by atoms with van der Waals surface area (Å²) in [5.41, 5.74) is 0. The average molecular weight is 377 g/mol. The van der Waals surface area contributed by atoms with Gasteiger partial charge >= 0.3 is 0 Å². The van der Waals surface area contributed by atoms with E-state index in [2.05, 4.69) is 31.9 Å². The predicted octanol–water partition coefficient (Wildman–Crippen LogP) is 4.62. The summed E-state index contributed by atoms with van der Waals surface area (Å²) in [5, 5.41) is 9.44. The Morgan fingerprint density at radius 3 is 2.33 bits per heavy atom. The number of hydrogen-bond donors (Lipinski definition) is 1. The number of benzene rings is 1. The molecule has 0 atom stereocenters. The molecule has 0 amide bonds. The molecule has 0 unspecified atom stereocenters. The summed E-state index contributed by atoms with van der Waals surface area (Å²) >= 11 is 17.2. The first-order valence-electron chi connectivity index (χ1n) is 3.82. The normalized spacial score (nSPS) is 9.87. The molecule has 1 N–H and O–H groups in total. The van der Waals surface area contributed by atoms with Gasteiger partial charge in [-0.05, 0) is 50.1 Å². The van der Waals surface area contributed by atoms with E-state index in [0.717, 1.165) is 0 Å². The van der Waals surface area contributed by atoms with E-state index in [-0.39, 0.29) is 16.8 Å². The second-order valence-corrected chi connectivity index (χ2v) is 5.26. The molecule has 0 bridgehead atoms. The summed E-state index contributed by atoms with van der Waals surface area (Å²) in [6, 6.07) is 3.30. The molecule has 82 valence electrons. The van der Waals surface area contributed by atoms with Crippen LogP contribution >= 0.6 is 55.1 Å². The predicted molar refractivity (Wildman–Crippen MR) is 68.8 cm³/mol. The van der Waals surface area contributed by atoms with Crippen molar-refractivity contribution in [1.29, 1.82) is 0 Å². The molecule has 0 aliphatic rings. The highest BCUT2D eigenvalue weighted by molar-refractivity contribution is 9.11. The molecule has 0 saturated heterocycles. The van der Waals surface area contributed by atoms with E-state index in [1.807, 2.05) is 0 Å². The third-order valence-corrected chi connectivity index (χ3v) is 3.00. The third-order valence-electron chi connectivity index (χ3n) is 1.48. The Kier molecular flexibility index (Phi) is 5.26. The molecule has 0 aromatic heterocycles. The molecule has 15 heavy (non-hydrogen) atoms. The summed E-state index contributed by atoms with van der Waals surface area (Å²) < 4.78 is 6.57. The third kappa shape index (κ3) is 4.23. The van der Waals surface area contributed by atoms with Gasteiger partial charge in [-0.15, -0.1) is 0 Å². The number of halogens is 4. The molecule has 1 aromatic carbocycles. The Hall–Kier alpha value is 0.1000. The number of phenolic OH excluding ortho intramolecular Hbond substituents is 1. The number of ether oxygens (including phenoxy) is 1. The van der Waals surface area contributed by atoms with Crippen molar-refractivity contribution in [3.63, 3.8) is 0 Å². The zero-order valence-corrected chi connectivity index (χ0v) is 12.0. The van der Waals surface area contributed by atoms with Crippen molar-refractivity contribution in [2.75, 3.05) is 6.61 Å². The van der Waals surface area contributed by atoms with Gasteiger partial charge in [0, 0.05) is 0 Å². The first kappa shape index (κ1) is 13.2. The number of aromatic hydroxyl groups is 1. The highest BCUT2D eigenvalue weighted by Gasteiger charge is 2.06.